The predicted molar refractivity (Wildman–Crippen MR) is 63.2 cm³/mol. The van der Waals surface area contributed by atoms with E-state index in [1.165, 1.54) is 0 Å². The van der Waals surface area contributed by atoms with Gasteiger partial charge in [-0.25, -0.2) is 4.79 Å². The van der Waals surface area contributed by atoms with Crippen LogP contribution in [-0.4, -0.2) is 11.0 Å². The Bertz CT molecular complexity index is 477. The maximum absolute atomic E-state index is 10.7. The minimum atomic E-state index is -0.544. The molecule has 0 bridgehead atoms. The molecule has 0 atom stereocenters. The average molecular weight is 215 g/mol. The first-order valence-electron chi connectivity index (χ1n) is 5.02. The van der Waals surface area contributed by atoms with Crippen LogP contribution < -0.4 is 11.1 Å². The number of urea groups is 1. The Morgan fingerprint density at radius 2 is 2.19 bits per heavy atom. The molecule has 1 heterocycles. The SMILES string of the molecule is NC(=O)Nc1cccc(Cc2ccc[nH]2)c1. The largest absolute Gasteiger partial charge is 0.365 e. The number of rotatable bonds is 3. The number of hydrogen-bond acceptors (Lipinski definition) is 1. The molecule has 0 fully saturated rings. The highest BCUT2D eigenvalue weighted by Crippen LogP contribution is 2.13. The Morgan fingerprint density at radius 3 is 2.88 bits per heavy atom. The van der Waals surface area contributed by atoms with Gasteiger partial charge in [0.05, 0.1) is 0 Å². The molecule has 0 aliphatic heterocycles. The van der Waals surface area contributed by atoms with Crippen molar-refractivity contribution in [3.63, 3.8) is 0 Å². The van der Waals surface area contributed by atoms with Gasteiger partial charge in [-0.2, -0.15) is 0 Å². The van der Waals surface area contributed by atoms with Crippen molar-refractivity contribution in [3.05, 3.63) is 53.9 Å². The third-order valence-electron chi connectivity index (χ3n) is 2.25. The lowest BCUT2D eigenvalue weighted by Gasteiger charge is -2.04. The molecule has 82 valence electrons. The zero-order chi connectivity index (χ0) is 11.4. The number of H-pyrrole nitrogens is 1. The maximum atomic E-state index is 10.7. The number of amides is 2. The topological polar surface area (TPSA) is 70.9 Å². The number of aromatic amines is 1. The molecule has 0 radical (unpaired) electrons. The first-order chi connectivity index (χ1) is 7.74. The molecule has 2 aromatic rings. The summed E-state index contributed by atoms with van der Waals surface area (Å²) in [5.41, 5.74) is 8.03. The first-order valence-corrected chi connectivity index (χ1v) is 5.02. The van der Waals surface area contributed by atoms with E-state index >= 15 is 0 Å². The second kappa shape index (κ2) is 4.53. The number of nitrogens with one attached hydrogen (secondary N) is 2. The van der Waals surface area contributed by atoms with Gasteiger partial charge in [0.25, 0.3) is 0 Å². The number of nitrogens with two attached hydrogens (primary N) is 1. The molecule has 2 rings (SSSR count). The molecular weight excluding hydrogens is 202 g/mol. The molecule has 4 nitrogen and oxygen atoms in total. The predicted octanol–water partition coefficient (Wildman–Crippen LogP) is 2.10. The summed E-state index contributed by atoms with van der Waals surface area (Å²) in [6.45, 7) is 0. The van der Waals surface area contributed by atoms with Gasteiger partial charge in [-0.05, 0) is 29.8 Å². The average Bonchev–Trinajstić information content (AvgIpc) is 2.70. The van der Waals surface area contributed by atoms with Crippen LogP contribution in [0.3, 0.4) is 0 Å². The van der Waals surface area contributed by atoms with Crippen molar-refractivity contribution in [2.45, 2.75) is 6.42 Å². The number of carbonyl (C=O) groups excluding carboxylic acids is 1. The zero-order valence-electron chi connectivity index (χ0n) is 8.73. The standard InChI is InChI=1S/C12H13N3O/c13-12(16)15-11-4-1-3-9(8-11)7-10-5-2-6-14-10/h1-6,8,14H,7H2,(H3,13,15,16). The van der Waals surface area contributed by atoms with Gasteiger partial charge >= 0.3 is 6.03 Å². The van der Waals surface area contributed by atoms with E-state index in [1.807, 2.05) is 42.6 Å². The van der Waals surface area contributed by atoms with E-state index in [9.17, 15) is 4.79 Å². The quantitative estimate of drug-likeness (QED) is 0.720. The number of benzene rings is 1. The molecule has 4 heteroatoms. The fraction of sp³-hybridized carbons (Fsp3) is 0.0833. The lowest BCUT2D eigenvalue weighted by molar-refractivity contribution is 0.259. The number of aromatic nitrogens is 1. The van der Waals surface area contributed by atoms with Crippen LogP contribution in [-0.2, 0) is 6.42 Å². The number of hydrogen-bond donors (Lipinski definition) is 3. The second-order valence-electron chi connectivity index (χ2n) is 3.56. The van der Waals surface area contributed by atoms with E-state index in [4.69, 9.17) is 5.73 Å². The fourth-order valence-corrected chi connectivity index (χ4v) is 1.60. The zero-order valence-corrected chi connectivity index (χ0v) is 8.73. The molecule has 0 aliphatic rings. The number of carbonyl (C=O) groups is 1. The maximum Gasteiger partial charge on any atom is 0.316 e. The van der Waals surface area contributed by atoms with Crippen LogP contribution >= 0.6 is 0 Å². The van der Waals surface area contributed by atoms with E-state index in [0.717, 1.165) is 23.4 Å². The Hall–Kier alpha value is -2.23. The third-order valence-corrected chi connectivity index (χ3v) is 2.25. The highest BCUT2D eigenvalue weighted by Gasteiger charge is 1.99. The van der Waals surface area contributed by atoms with E-state index in [0.29, 0.717) is 0 Å². The van der Waals surface area contributed by atoms with Crippen LogP contribution in [0, 0.1) is 0 Å². The van der Waals surface area contributed by atoms with E-state index in [1.54, 1.807) is 0 Å². The Labute approximate surface area is 93.5 Å². The molecular formula is C12H13N3O. The van der Waals surface area contributed by atoms with Crippen LogP contribution in [0.4, 0.5) is 10.5 Å². The van der Waals surface area contributed by atoms with Gasteiger partial charge in [-0.15, -0.1) is 0 Å². The molecule has 0 saturated heterocycles. The van der Waals surface area contributed by atoms with Gasteiger partial charge in [0, 0.05) is 24.0 Å². The molecule has 1 aromatic carbocycles. The summed E-state index contributed by atoms with van der Waals surface area (Å²) in [5, 5.41) is 2.55. The van der Waals surface area contributed by atoms with Crippen molar-refractivity contribution >= 4 is 11.7 Å². The summed E-state index contributed by atoms with van der Waals surface area (Å²) in [6.07, 6.45) is 2.70. The van der Waals surface area contributed by atoms with Crippen molar-refractivity contribution in [1.82, 2.24) is 4.98 Å². The third kappa shape index (κ3) is 2.63. The van der Waals surface area contributed by atoms with Gasteiger partial charge in [0.15, 0.2) is 0 Å². The van der Waals surface area contributed by atoms with Gasteiger partial charge in [-0.1, -0.05) is 12.1 Å². The van der Waals surface area contributed by atoms with Gasteiger partial charge < -0.3 is 16.0 Å². The molecule has 16 heavy (non-hydrogen) atoms. The molecule has 0 unspecified atom stereocenters. The van der Waals surface area contributed by atoms with Gasteiger partial charge in [0.1, 0.15) is 0 Å². The van der Waals surface area contributed by atoms with Crippen LogP contribution in [0.25, 0.3) is 0 Å². The van der Waals surface area contributed by atoms with Crippen molar-refractivity contribution in [2.24, 2.45) is 5.73 Å². The van der Waals surface area contributed by atoms with E-state index in [2.05, 4.69) is 10.3 Å². The summed E-state index contributed by atoms with van der Waals surface area (Å²) < 4.78 is 0. The molecule has 2 amide bonds. The Balaban J connectivity index is 2.13. The summed E-state index contributed by atoms with van der Waals surface area (Å²) >= 11 is 0. The highest BCUT2D eigenvalue weighted by atomic mass is 16.2. The summed E-state index contributed by atoms with van der Waals surface area (Å²) in [7, 11) is 0. The van der Waals surface area contributed by atoms with E-state index < -0.39 is 6.03 Å². The smallest absolute Gasteiger partial charge is 0.316 e. The summed E-state index contributed by atoms with van der Waals surface area (Å²) in [4.78, 5) is 13.8. The normalized spacial score (nSPS) is 10.0. The second-order valence-corrected chi connectivity index (χ2v) is 3.56. The molecule has 0 aliphatic carbocycles. The first kappa shape index (κ1) is 10.3. The highest BCUT2D eigenvalue weighted by molar-refractivity contribution is 5.87. The van der Waals surface area contributed by atoms with Crippen molar-refractivity contribution in [1.29, 1.82) is 0 Å². The van der Waals surface area contributed by atoms with Gasteiger partial charge in [-0.3, -0.25) is 0 Å². The molecule has 0 saturated carbocycles. The molecule has 4 N–H and O–H groups in total. The van der Waals surface area contributed by atoms with Crippen molar-refractivity contribution in [2.75, 3.05) is 5.32 Å². The summed E-state index contributed by atoms with van der Waals surface area (Å²) in [6, 6.07) is 11.1. The van der Waals surface area contributed by atoms with Crippen LogP contribution in [0.2, 0.25) is 0 Å². The number of anilines is 1. The lowest BCUT2D eigenvalue weighted by Crippen LogP contribution is -2.19. The monoisotopic (exact) mass is 215 g/mol. The van der Waals surface area contributed by atoms with Crippen molar-refractivity contribution in [3.8, 4) is 0 Å². The lowest BCUT2D eigenvalue weighted by atomic mass is 10.1. The molecule has 1 aromatic heterocycles. The van der Waals surface area contributed by atoms with Gasteiger partial charge in [0.2, 0.25) is 0 Å². The Kier molecular flexibility index (Phi) is 2.91. The fourth-order valence-electron chi connectivity index (χ4n) is 1.60. The summed E-state index contributed by atoms with van der Waals surface area (Å²) in [5.74, 6) is 0. The van der Waals surface area contributed by atoms with Crippen LogP contribution in [0.1, 0.15) is 11.3 Å². The Morgan fingerprint density at radius 1 is 1.31 bits per heavy atom. The number of primary amides is 1. The van der Waals surface area contributed by atoms with E-state index in [-0.39, 0.29) is 0 Å². The minimum Gasteiger partial charge on any atom is -0.365 e. The van der Waals surface area contributed by atoms with Crippen LogP contribution in [0.15, 0.2) is 42.6 Å². The van der Waals surface area contributed by atoms with Crippen LogP contribution in [0.5, 0.6) is 0 Å². The minimum absolute atomic E-state index is 0.544. The molecule has 0 spiro atoms. The van der Waals surface area contributed by atoms with Crippen molar-refractivity contribution < 1.29 is 4.79 Å².